The highest BCUT2D eigenvalue weighted by Gasteiger charge is 2.06. The second-order valence-corrected chi connectivity index (χ2v) is 5.74. The maximum atomic E-state index is 12.0. The van der Waals surface area contributed by atoms with E-state index < -0.39 is 0 Å². The molecule has 0 aliphatic carbocycles. The van der Waals surface area contributed by atoms with E-state index in [-0.39, 0.29) is 12.5 Å². The molecule has 1 amide bonds. The molecule has 0 spiro atoms. The van der Waals surface area contributed by atoms with Gasteiger partial charge in [-0.25, -0.2) is 0 Å². The Morgan fingerprint density at radius 2 is 1.76 bits per heavy atom. The molecule has 0 aromatic heterocycles. The van der Waals surface area contributed by atoms with Crippen LogP contribution in [0, 0.1) is 0 Å². The van der Waals surface area contributed by atoms with Crippen LogP contribution in [0.15, 0.2) is 53.0 Å². The standard InChI is InChI=1S/C16H18BrN3O/c1-20(2)15-6-4-3-5-14(15)18-11-16(21)19-13-9-7-12(17)8-10-13/h3-10,18H,11H2,1-2H3,(H,19,21). The minimum atomic E-state index is -0.0779. The van der Waals surface area contributed by atoms with E-state index in [1.54, 1.807) is 0 Å². The van der Waals surface area contributed by atoms with Gasteiger partial charge in [-0.15, -0.1) is 0 Å². The lowest BCUT2D eigenvalue weighted by Crippen LogP contribution is -2.22. The SMILES string of the molecule is CN(C)c1ccccc1NCC(=O)Nc1ccc(Br)cc1. The Morgan fingerprint density at radius 1 is 1.10 bits per heavy atom. The first kappa shape index (κ1) is 15.4. The van der Waals surface area contributed by atoms with Crippen LogP contribution in [0.25, 0.3) is 0 Å². The molecule has 4 nitrogen and oxygen atoms in total. The fourth-order valence-electron chi connectivity index (χ4n) is 1.93. The van der Waals surface area contributed by atoms with E-state index in [0.29, 0.717) is 0 Å². The van der Waals surface area contributed by atoms with Crippen molar-refractivity contribution in [2.75, 3.05) is 36.2 Å². The van der Waals surface area contributed by atoms with Gasteiger partial charge in [0.1, 0.15) is 0 Å². The molecule has 0 radical (unpaired) electrons. The van der Waals surface area contributed by atoms with Gasteiger partial charge in [-0.2, -0.15) is 0 Å². The summed E-state index contributed by atoms with van der Waals surface area (Å²) in [6, 6.07) is 15.4. The van der Waals surface area contributed by atoms with Crippen LogP contribution in [0.4, 0.5) is 17.1 Å². The maximum absolute atomic E-state index is 12.0. The summed E-state index contributed by atoms with van der Waals surface area (Å²) >= 11 is 3.36. The normalized spacial score (nSPS) is 10.0. The number of hydrogen-bond acceptors (Lipinski definition) is 3. The maximum Gasteiger partial charge on any atom is 0.243 e. The molecule has 2 N–H and O–H groups in total. The molecule has 0 aliphatic heterocycles. The Bertz CT molecular complexity index is 611. The predicted octanol–water partition coefficient (Wildman–Crippen LogP) is 3.57. The lowest BCUT2D eigenvalue weighted by molar-refractivity contribution is -0.114. The Kier molecular flexibility index (Phi) is 5.22. The zero-order valence-corrected chi connectivity index (χ0v) is 13.6. The highest BCUT2D eigenvalue weighted by molar-refractivity contribution is 9.10. The summed E-state index contributed by atoms with van der Waals surface area (Å²) in [5.41, 5.74) is 2.77. The fraction of sp³-hybridized carbons (Fsp3) is 0.188. The number of nitrogens with zero attached hydrogens (tertiary/aromatic N) is 1. The van der Waals surface area contributed by atoms with Crippen LogP contribution in [0.5, 0.6) is 0 Å². The number of halogens is 1. The molecule has 0 saturated carbocycles. The van der Waals surface area contributed by atoms with Crippen molar-refractivity contribution in [3.63, 3.8) is 0 Å². The number of carbonyl (C=O) groups excluding carboxylic acids is 1. The van der Waals surface area contributed by atoms with Gasteiger partial charge in [-0.1, -0.05) is 28.1 Å². The number of carbonyl (C=O) groups is 1. The third kappa shape index (κ3) is 4.49. The van der Waals surface area contributed by atoms with Crippen LogP contribution in [0.3, 0.4) is 0 Å². The molecular formula is C16H18BrN3O. The number of benzene rings is 2. The largest absolute Gasteiger partial charge is 0.376 e. The summed E-state index contributed by atoms with van der Waals surface area (Å²) < 4.78 is 0.985. The first-order chi connectivity index (χ1) is 10.1. The Hall–Kier alpha value is -2.01. The highest BCUT2D eigenvalue weighted by atomic mass is 79.9. The predicted molar refractivity (Wildman–Crippen MR) is 92.0 cm³/mol. The van der Waals surface area contributed by atoms with Gasteiger partial charge in [-0.3, -0.25) is 4.79 Å². The van der Waals surface area contributed by atoms with Crippen LogP contribution in [-0.2, 0) is 4.79 Å². The van der Waals surface area contributed by atoms with Gasteiger partial charge in [0.2, 0.25) is 5.91 Å². The first-order valence-corrected chi connectivity index (χ1v) is 7.41. The molecule has 110 valence electrons. The monoisotopic (exact) mass is 347 g/mol. The second-order valence-electron chi connectivity index (χ2n) is 4.82. The number of nitrogens with one attached hydrogen (secondary N) is 2. The van der Waals surface area contributed by atoms with Gasteiger partial charge < -0.3 is 15.5 Å². The van der Waals surface area contributed by atoms with Crippen molar-refractivity contribution in [1.29, 1.82) is 0 Å². The van der Waals surface area contributed by atoms with Gasteiger partial charge in [-0.05, 0) is 36.4 Å². The highest BCUT2D eigenvalue weighted by Crippen LogP contribution is 2.23. The van der Waals surface area contributed by atoms with Crippen molar-refractivity contribution < 1.29 is 4.79 Å². The number of amides is 1. The molecule has 0 atom stereocenters. The van der Waals surface area contributed by atoms with Crippen LogP contribution in [-0.4, -0.2) is 26.5 Å². The van der Waals surface area contributed by atoms with Crippen molar-refractivity contribution >= 4 is 38.9 Å². The average molecular weight is 348 g/mol. The average Bonchev–Trinajstić information content (AvgIpc) is 2.48. The van der Waals surface area contributed by atoms with Gasteiger partial charge in [0.15, 0.2) is 0 Å². The quantitative estimate of drug-likeness (QED) is 0.868. The topological polar surface area (TPSA) is 44.4 Å². The molecule has 0 heterocycles. The number of para-hydroxylation sites is 2. The van der Waals surface area contributed by atoms with Crippen molar-refractivity contribution in [3.05, 3.63) is 53.0 Å². The number of rotatable bonds is 5. The van der Waals surface area contributed by atoms with E-state index in [0.717, 1.165) is 21.5 Å². The van der Waals surface area contributed by atoms with E-state index in [9.17, 15) is 4.79 Å². The summed E-state index contributed by atoms with van der Waals surface area (Å²) in [6.07, 6.45) is 0. The Morgan fingerprint density at radius 3 is 2.43 bits per heavy atom. The zero-order chi connectivity index (χ0) is 15.2. The van der Waals surface area contributed by atoms with Gasteiger partial charge in [0.25, 0.3) is 0 Å². The van der Waals surface area contributed by atoms with E-state index in [4.69, 9.17) is 0 Å². The van der Waals surface area contributed by atoms with Crippen molar-refractivity contribution in [1.82, 2.24) is 0 Å². The molecule has 2 aromatic rings. The lowest BCUT2D eigenvalue weighted by Gasteiger charge is -2.18. The molecule has 0 unspecified atom stereocenters. The summed E-state index contributed by atoms with van der Waals surface area (Å²) in [5, 5.41) is 6.02. The van der Waals surface area contributed by atoms with Gasteiger partial charge in [0, 0.05) is 24.3 Å². The summed E-state index contributed by atoms with van der Waals surface area (Å²) in [6.45, 7) is 0.223. The zero-order valence-electron chi connectivity index (χ0n) is 12.1. The Labute approximate surface area is 133 Å². The van der Waals surface area contributed by atoms with Crippen LogP contribution < -0.4 is 15.5 Å². The van der Waals surface area contributed by atoms with Crippen LogP contribution in [0.2, 0.25) is 0 Å². The van der Waals surface area contributed by atoms with E-state index >= 15 is 0 Å². The second kappa shape index (κ2) is 7.13. The summed E-state index contributed by atoms with van der Waals surface area (Å²) in [7, 11) is 3.95. The summed E-state index contributed by atoms with van der Waals surface area (Å²) in [5.74, 6) is -0.0779. The number of anilines is 3. The molecule has 21 heavy (non-hydrogen) atoms. The third-order valence-corrected chi connectivity index (χ3v) is 3.48. The molecule has 2 rings (SSSR count). The molecule has 0 fully saturated rings. The molecule has 2 aromatic carbocycles. The van der Waals surface area contributed by atoms with E-state index in [1.165, 1.54) is 0 Å². The van der Waals surface area contributed by atoms with Gasteiger partial charge in [0.05, 0.1) is 17.9 Å². The first-order valence-electron chi connectivity index (χ1n) is 6.62. The molecule has 5 heteroatoms. The molecule has 0 aliphatic rings. The number of hydrogen-bond donors (Lipinski definition) is 2. The van der Waals surface area contributed by atoms with Crippen molar-refractivity contribution in [3.8, 4) is 0 Å². The van der Waals surface area contributed by atoms with Crippen molar-refractivity contribution in [2.45, 2.75) is 0 Å². The van der Waals surface area contributed by atoms with Crippen molar-refractivity contribution in [2.24, 2.45) is 0 Å². The third-order valence-electron chi connectivity index (χ3n) is 2.95. The lowest BCUT2D eigenvalue weighted by atomic mass is 10.2. The van der Waals surface area contributed by atoms with Gasteiger partial charge >= 0.3 is 0 Å². The van der Waals surface area contributed by atoms with E-state index in [2.05, 4.69) is 26.6 Å². The minimum absolute atomic E-state index is 0.0779. The molecule has 0 bridgehead atoms. The van der Waals surface area contributed by atoms with Crippen LogP contribution in [0.1, 0.15) is 0 Å². The van der Waals surface area contributed by atoms with Crippen LogP contribution >= 0.6 is 15.9 Å². The fourth-order valence-corrected chi connectivity index (χ4v) is 2.19. The summed E-state index contributed by atoms with van der Waals surface area (Å²) in [4.78, 5) is 14.0. The molecular weight excluding hydrogens is 330 g/mol. The molecule has 0 saturated heterocycles. The van der Waals surface area contributed by atoms with E-state index in [1.807, 2.05) is 67.5 Å². The Balaban J connectivity index is 1.94. The minimum Gasteiger partial charge on any atom is -0.376 e. The smallest absolute Gasteiger partial charge is 0.243 e.